The number of carbonyl (C=O) groups excluding carboxylic acids is 1. The molecule has 0 saturated heterocycles. The summed E-state index contributed by atoms with van der Waals surface area (Å²) in [5, 5.41) is 0.743. The standard InChI is InChI=1S/C14H15Cl2N3O2/c1-9(14(17)20)12(16)7-13(19-21-2)18-8-10-5-3-4-6-11(10)15/h3-7H,1,8H2,2H3,(H2,17,20)(H,18,19)/p+1/b12-7+. The Bertz CT molecular complexity index is 598. The van der Waals surface area contributed by atoms with E-state index in [1.165, 1.54) is 13.2 Å². The van der Waals surface area contributed by atoms with Crippen LogP contribution in [0.5, 0.6) is 0 Å². The van der Waals surface area contributed by atoms with Gasteiger partial charge in [0.25, 0.3) is 5.84 Å². The zero-order chi connectivity index (χ0) is 15.8. The highest BCUT2D eigenvalue weighted by Crippen LogP contribution is 2.13. The minimum absolute atomic E-state index is 0.00612. The molecule has 0 fully saturated rings. The molecule has 0 aliphatic heterocycles. The molecular weight excluding hydrogens is 313 g/mol. The van der Waals surface area contributed by atoms with E-state index in [9.17, 15) is 4.79 Å². The predicted octanol–water partition coefficient (Wildman–Crippen LogP) is 0.634. The molecule has 1 rings (SSSR count). The third-order valence-corrected chi connectivity index (χ3v) is 3.20. The van der Waals surface area contributed by atoms with Gasteiger partial charge in [0, 0.05) is 16.7 Å². The first-order valence-electron chi connectivity index (χ1n) is 5.95. The number of rotatable bonds is 6. The highest BCUT2D eigenvalue weighted by atomic mass is 35.5. The van der Waals surface area contributed by atoms with Gasteiger partial charge in [0.2, 0.25) is 5.91 Å². The minimum Gasteiger partial charge on any atom is -0.366 e. The minimum atomic E-state index is -0.695. The Morgan fingerprint density at radius 3 is 2.76 bits per heavy atom. The van der Waals surface area contributed by atoms with Crippen molar-refractivity contribution in [3.63, 3.8) is 0 Å². The van der Waals surface area contributed by atoms with Gasteiger partial charge in [-0.15, -0.1) is 5.48 Å². The monoisotopic (exact) mass is 328 g/mol. The van der Waals surface area contributed by atoms with Crippen molar-refractivity contribution in [3.8, 4) is 0 Å². The van der Waals surface area contributed by atoms with Crippen LogP contribution in [0.15, 0.2) is 47.5 Å². The second-order valence-corrected chi connectivity index (χ2v) is 4.81. The molecule has 0 aliphatic rings. The van der Waals surface area contributed by atoms with Gasteiger partial charge in [-0.3, -0.25) is 9.79 Å². The van der Waals surface area contributed by atoms with Gasteiger partial charge in [-0.05, 0) is 6.07 Å². The summed E-state index contributed by atoms with van der Waals surface area (Å²) >= 11 is 12.0. The number of benzene rings is 1. The molecule has 0 bridgehead atoms. The van der Waals surface area contributed by atoms with Crippen molar-refractivity contribution >= 4 is 34.9 Å². The maximum Gasteiger partial charge on any atom is 0.299 e. The van der Waals surface area contributed by atoms with Crippen LogP contribution < -0.4 is 16.2 Å². The number of hydroxylamine groups is 1. The number of hydrogen-bond donors (Lipinski definition) is 3. The Hall–Kier alpha value is -1.82. The molecule has 0 unspecified atom stereocenters. The van der Waals surface area contributed by atoms with Crippen LogP contribution in [0.2, 0.25) is 5.02 Å². The lowest BCUT2D eigenvalue weighted by Gasteiger charge is -2.01. The van der Waals surface area contributed by atoms with Crippen molar-refractivity contribution < 1.29 is 14.6 Å². The number of carbonyl (C=O) groups is 1. The molecule has 0 atom stereocenters. The van der Waals surface area contributed by atoms with E-state index in [0.717, 1.165) is 5.56 Å². The average molecular weight is 329 g/mol. The largest absolute Gasteiger partial charge is 0.366 e. The molecule has 0 aromatic heterocycles. The molecule has 0 heterocycles. The van der Waals surface area contributed by atoms with Crippen LogP contribution in [0.3, 0.4) is 0 Å². The predicted molar refractivity (Wildman–Crippen MR) is 83.5 cm³/mol. The number of nitrogens with one attached hydrogen (secondary N) is 2. The van der Waals surface area contributed by atoms with E-state index in [1.807, 2.05) is 18.2 Å². The fourth-order valence-corrected chi connectivity index (χ4v) is 1.80. The summed E-state index contributed by atoms with van der Waals surface area (Å²) in [4.78, 5) is 18.9. The van der Waals surface area contributed by atoms with Gasteiger partial charge >= 0.3 is 0 Å². The van der Waals surface area contributed by atoms with Crippen molar-refractivity contribution in [1.29, 1.82) is 0 Å². The first kappa shape index (κ1) is 17.2. The fourth-order valence-electron chi connectivity index (χ4n) is 1.39. The SMILES string of the molecule is C=C(C(N)=O)/C(Cl)=C\C(NOC)=[NH+]Cc1ccccc1Cl. The molecule has 1 aromatic carbocycles. The number of halogens is 2. The zero-order valence-electron chi connectivity index (χ0n) is 11.5. The second kappa shape index (κ2) is 8.46. The number of amidine groups is 1. The van der Waals surface area contributed by atoms with E-state index in [-0.39, 0.29) is 10.6 Å². The molecule has 0 radical (unpaired) electrons. The van der Waals surface area contributed by atoms with Gasteiger partial charge in [-0.25, -0.2) is 4.84 Å². The Morgan fingerprint density at radius 2 is 2.19 bits per heavy atom. The molecule has 21 heavy (non-hydrogen) atoms. The number of hydrogen-bond acceptors (Lipinski definition) is 2. The molecule has 0 spiro atoms. The summed E-state index contributed by atoms with van der Waals surface area (Å²) < 4.78 is 0. The van der Waals surface area contributed by atoms with Gasteiger partial charge in [-0.1, -0.05) is 48.0 Å². The van der Waals surface area contributed by atoms with Gasteiger partial charge < -0.3 is 5.73 Å². The molecule has 1 aromatic rings. The second-order valence-electron chi connectivity index (χ2n) is 4.00. The maximum atomic E-state index is 11.0. The lowest BCUT2D eigenvalue weighted by molar-refractivity contribution is -0.478. The number of amides is 1. The Morgan fingerprint density at radius 1 is 1.52 bits per heavy atom. The summed E-state index contributed by atoms with van der Waals surface area (Å²) in [6.45, 7) is 3.93. The van der Waals surface area contributed by atoms with E-state index >= 15 is 0 Å². The van der Waals surface area contributed by atoms with Crippen LogP contribution in [0.1, 0.15) is 5.56 Å². The summed E-state index contributed by atoms with van der Waals surface area (Å²) in [7, 11) is 1.45. The normalized spacial score (nSPS) is 12.1. The lowest BCUT2D eigenvalue weighted by Crippen LogP contribution is -2.74. The van der Waals surface area contributed by atoms with Crippen LogP contribution in [0.4, 0.5) is 0 Å². The third-order valence-electron chi connectivity index (χ3n) is 2.50. The van der Waals surface area contributed by atoms with Crippen LogP contribution in [-0.2, 0) is 16.2 Å². The maximum absolute atomic E-state index is 11.0. The van der Waals surface area contributed by atoms with Crippen LogP contribution in [0.25, 0.3) is 0 Å². The van der Waals surface area contributed by atoms with E-state index in [4.69, 9.17) is 33.8 Å². The molecule has 0 aliphatic carbocycles. The molecular formula is C14H16Cl2N3O2+. The molecule has 5 nitrogen and oxygen atoms in total. The molecule has 0 saturated carbocycles. The van der Waals surface area contributed by atoms with Gasteiger partial charge in [0.1, 0.15) is 6.54 Å². The summed E-state index contributed by atoms with van der Waals surface area (Å²) in [6, 6.07) is 7.40. The highest BCUT2D eigenvalue weighted by molar-refractivity contribution is 6.36. The number of nitrogens with two attached hydrogens (primary N) is 1. The molecule has 7 heteroatoms. The molecule has 4 N–H and O–H groups in total. The Kier molecular flexibility index (Phi) is 6.94. The quantitative estimate of drug-likeness (QED) is 0.236. The molecule has 1 amide bonds. The van der Waals surface area contributed by atoms with Crippen molar-refractivity contribution in [2.45, 2.75) is 6.54 Å². The van der Waals surface area contributed by atoms with Crippen LogP contribution >= 0.6 is 23.2 Å². The van der Waals surface area contributed by atoms with Gasteiger partial charge in [-0.2, -0.15) is 0 Å². The van der Waals surface area contributed by atoms with Crippen molar-refractivity contribution in [2.75, 3.05) is 7.11 Å². The van der Waals surface area contributed by atoms with E-state index < -0.39 is 5.91 Å². The molecule has 112 valence electrons. The van der Waals surface area contributed by atoms with Crippen LogP contribution in [-0.4, -0.2) is 18.9 Å². The van der Waals surface area contributed by atoms with Gasteiger partial charge in [0.05, 0.1) is 17.7 Å². The average Bonchev–Trinajstić information content (AvgIpc) is 2.45. The topological polar surface area (TPSA) is 78.3 Å². The lowest BCUT2D eigenvalue weighted by atomic mass is 10.2. The summed E-state index contributed by atoms with van der Waals surface area (Å²) in [5.41, 5.74) is 8.62. The van der Waals surface area contributed by atoms with E-state index in [1.54, 1.807) is 6.07 Å². The van der Waals surface area contributed by atoms with Crippen molar-refractivity contribution in [1.82, 2.24) is 5.48 Å². The van der Waals surface area contributed by atoms with E-state index in [2.05, 4.69) is 17.1 Å². The van der Waals surface area contributed by atoms with Crippen molar-refractivity contribution in [3.05, 3.63) is 58.1 Å². The zero-order valence-corrected chi connectivity index (χ0v) is 13.0. The van der Waals surface area contributed by atoms with E-state index in [0.29, 0.717) is 17.4 Å². The Balaban J connectivity index is 2.94. The smallest absolute Gasteiger partial charge is 0.299 e. The van der Waals surface area contributed by atoms with Crippen LogP contribution in [0, 0.1) is 0 Å². The first-order chi connectivity index (χ1) is 9.95. The fraction of sp³-hybridized carbons (Fsp3) is 0.143. The van der Waals surface area contributed by atoms with Crippen molar-refractivity contribution in [2.24, 2.45) is 5.73 Å². The first-order valence-corrected chi connectivity index (χ1v) is 6.70. The summed E-state index contributed by atoms with van der Waals surface area (Å²) in [6.07, 6.45) is 1.45. The van der Waals surface area contributed by atoms with Gasteiger partial charge in [0.15, 0.2) is 0 Å². The Labute approximate surface area is 133 Å². The number of primary amides is 1. The highest BCUT2D eigenvalue weighted by Gasteiger charge is 2.11. The summed E-state index contributed by atoms with van der Waals surface area (Å²) in [5.74, 6) is -0.260. The third kappa shape index (κ3) is 5.59.